The van der Waals surface area contributed by atoms with Gasteiger partial charge >= 0.3 is 0 Å². The lowest BCUT2D eigenvalue weighted by Crippen LogP contribution is -2.63. The maximum Gasteiger partial charge on any atom is 0.273 e. The van der Waals surface area contributed by atoms with Crippen LogP contribution in [0.15, 0.2) is 6.07 Å². The van der Waals surface area contributed by atoms with E-state index in [1.54, 1.807) is 29.5 Å². The van der Waals surface area contributed by atoms with E-state index in [0.29, 0.717) is 25.3 Å². The Balaban J connectivity index is 2.35. The molecule has 104 valence electrons. The summed E-state index contributed by atoms with van der Waals surface area (Å²) in [5, 5.41) is 7.07. The summed E-state index contributed by atoms with van der Waals surface area (Å²) >= 11 is 0. The fraction of sp³-hybridized carbons (Fsp3) is 0.615. The first kappa shape index (κ1) is 13.6. The summed E-state index contributed by atoms with van der Waals surface area (Å²) in [5.41, 5.74) is 0.527. The van der Waals surface area contributed by atoms with E-state index in [1.165, 1.54) is 0 Å². The van der Waals surface area contributed by atoms with Crippen LogP contribution in [0.2, 0.25) is 0 Å². The SMILES string of the molecule is CCn1nc(C)cc1C(=O)N1CCNC(=O)C1(C)C. The zero-order chi connectivity index (χ0) is 14.2. The summed E-state index contributed by atoms with van der Waals surface area (Å²) < 4.78 is 1.68. The molecule has 0 aliphatic carbocycles. The molecule has 19 heavy (non-hydrogen) atoms. The normalized spacial score (nSPS) is 18.3. The highest BCUT2D eigenvalue weighted by Gasteiger charge is 2.41. The molecule has 2 amide bonds. The van der Waals surface area contributed by atoms with Crippen molar-refractivity contribution in [1.29, 1.82) is 0 Å². The van der Waals surface area contributed by atoms with Crippen molar-refractivity contribution >= 4 is 11.8 Å². The molecular weight excluding hydrogens is 244 g/mol. The second-order valence-electron chi connectivity index (χ2n) is 5.26. The van der Waals surface area contributed by atoms with Gasteiger partial charge in [-0.15, -0.1) is 0 Å². The molecule has 0 unspecified atom stereocenters. The van der Waals surface area contributed by atoms with E-state index >= 15 is 0 Å². The van der Waals surface area contributed by atoms with Crippen LogP contribution >= 0.6 is 0 Å². The zero-order valence-corrected chi connectivity index (χ0v) is 11.9. The smallest absolute Gasteiger partial charge is 0.273 e. The van der Waals surface area contributed by atoms with Crippen LogP contribution in [0.25, 0.3) is 0 Å². The van der Waals surface area contributed by atoms with Gasteiger partial charge in [-0.2, -0.15) is 5.10 Å². The molecule has 1 N–H and O–H groups in total. The number of amides is 2. The lowest BCUT2D eigenvalue weighted by atomic mass is 9.98. The maximum atomic E-state index is 12.6. The molecule has 2 heterocycles. The number of hydrogen-bond donors (Lipinski definition) is 1. The number of piperazine rings is 1. The highest BCUT2D eigenvalue weighted by molar-refractivity contribution is 5.98. The van der Waals surface area contributed by atoms with Crippen molar-refractivity contribution in [2.45, 2.75) is 39.8 Å². The van der Waals surface area contributed by atoms with Gasteiger partial charge in [0, 0.05) is 19.6 Å². The number of rotatable bonds is 2. The van der Waals surface area contributed by atoms with E-state index in [9.17, 15) is 9.59 Å². The van der Waals surface area contributed by atoms with Crippen molar-refractivity contribution in [2.24, 2.45) is 0 Å². The summed E-state index contributed by atoms with van der Waals surface area (Å²) in [7, 11) is 0. The molecule has 0 aromatic carbocycles. The number of carbonyl (C=O) groups is 2. The van der Waals surface area contributed by atoms with Crippen molar-refractivity contribution in [2.75, 3.05) is 13.1 Å². The van der Waals surface area contributed by atoms with Gasteiger partial charge in [-0.25, -0.2) is 0 Å². The monoisotopic (exact) mass is 264 g/mol. The predicted molar refractivity (Wildman–Crippen MR) is 70.8 cm³/mol. The Morgan fingerprint density at radius 3 is 2.84 bits per heavy atom. The molecule has 1 fully saturated rings. The number of aryl methyl sites for hydroxylation is 2. The van der Waals surface area contributed by atoms with E-state index in [0.717, 1.165) is 5.69 Å². The van der Waals surface area contributed by atoms with Gasteiger partial charge in [0.2, 0.25) is 5.91 Å². The number of carbonyl (C=O) groups excluding carboxylic acids is 2. The molecule has 1 saturated heterocycles. The second kappa shape index (κ2) is 4.68. The van der Waals surface area contributed by atoms with Crippen molar-refractivity contribution in [1.82, 2.24) is 20.0 Å². The molecule has 0 saturated carbocycles. The Bertz CT molecular complexity index is 519. The van der Waals surface area contributed by atoms with E-state index in [4.69, 9.17) is 0 Å². The Morgan fingerprint density at radius 2 is 2.21 bits per heavy atom. The molecule has 0 atom stereocenters. The molecule has 6 heteroatoms. The third-order valence-electron chi connectivity index (χ3n) is 3.52. The average molecular weight is 264 g/mol. The van der Waals surface area contributed by atoms with Gasteiger partial charge in [-0.1, -0.05) is 0 Å². The molecule has 6 nitrogen and oxygen atoms in total. The van der Waals surface area contributed by atoms with Crippen LogP contribution in [0.3, 0.4) is 0 Å². The van der Waals surface area contributed by atoms with E-state index < -0.39 is 5.54 Å². The number of aromatic nitrogens is 2. The minimum atomic E-state index is -0.827. The first-order chi connectivity index (χ1) is 8.87. The molecule has 0 bridgehead atoms. The van der Waals surface area contributed by atoms with Gasteiger partial charge in [0.15, 0.2) is 0 Å². The molecule has 2 rings (SSSR count). The average Bonchev–Trinajstić information content (AvgIpc) is 2.73. The lowest BCUT2D eigenvalue weighted by Gasteiger charge is -2.41. The number of nitrogens with one attached hydrogen (secondary N) is 1. The van der Waals surface area contributed by atoms with Crippen LogP contribution in [0.1, 0.15) is 37.0 Å². The largest absolute Gasteiger partial charge is 0.352 e. The van der Waals surface area contributed by atoms with Gasteiger partial charge < -0.3 is 10.2 Å². The van der Waals surface area contributed by atoms with Gasteiger partial charge in [0.05, 0.1) is 5.69 Å². The summed E-state index contributed by atoms with van der Waals surface area (Å²) in [4.78, 5) is 26.2. The third-order valence-corrected chi connectivity index (χ3v) is 3.52. The lowest BCUT2D eigenvalue weighted by molar-refractivity contribution is -0.133. The summed E-state index contributed by atoms with van der Waals surface area (Å²) in [6.07, 6.45) is 0. The summed E-state index contributed by atoms with van der Waals surface area (Å²) in [5.74, 6) is -0.256. The predicted octanol–water partition coefficient (Wildman–Crippen LogP) is 0.562. The van der Waals surface area contributed by atoms with Gasteiger partial charge in [-0.05, 0) is 33.8 Å². The zero-order valence-electron chi connectivity index (χ0n) is 11.9. The van der Waals surface area contributed by atoms with Crippen LogP contribution in [-0.2, 0) is 11.3 Å². The Morgan fingerprint density at radius 1 is 1.53 bits per heavy atom. The van der Waals surface area contributed by atoms with Crippen LogP contribution < -0.4 is 5.32 Å². The highest BCUT2D eigenvalue weighted by Crippen LogP contribution is 2.21. The fourth-order valence-corrected chi connectivity index (χ4v) is 2.35. The second-order valence-corrected chi connectivity index (χ2v) is 5.26. The summed E-state index contributed by atoms with van der Waals surface area (Å²) in [6.45, 7) is 8.97. The molecule has 0 spiro atoms. The number of hydrogen-bond acceptors (Lipinski definition) is 3. The van der Waals surface area contributed by atoms with Crippen LogP contribution in [-0.4, -0.2) is 45.1 Å². The van der Waals surface area contributed by atoms with Gasteiger partial charge in [-0.3, -0.25) is 14.3 Å². The van der Waals surface area contributed by atoms with Crippen molar-refractivity contribution < 1.29 is 9.59 Å². The standard InChI is InChI=1S/C13H20N4O2/c1-5-17-10(8-9(2)15-17)11(18)16-7-6-14-12(19)13(16,3)4/h8H,5-7H2,1-4H3,(H,14,19). The molecule has 0 radical (unpaired) electrons. The first-order valence-corrected chi connectivity index (χ1v) is 6.52. The third kappa shape index (κ3) is 2.22. The topological polar surface area (TPSA) is 67.2 Å². The first-order valence-electron chi connectivity index (χ1n) is 6.52. The molecule has 1 aliphatic heterocycles. The van der Waals surface area contributed by atoms with Crippen molar-refractivity contribution in [3.05, 3.63) is 17.5 Å². The number of nitrogens with zero attached hydrogens (tertiary/aromatic N) is 3. The molecule has 1 aliphatic rings. The quantitative estimate of drug-likeness (QED) is 0.849. The van der Waals surface area contributed by atoms with E-state index in [1.807, 2.05) is 13.8 Å². The Hall–Kier alpha value is -1.85. The fourth-order valence-electron chi connectivity index (χ4n) is 2.35. The Labute approximate surface area is 112 Å². The maximum absolute atomic E-state index is 12.6. The highest BCUT2D eigenvalue weighted by atomic mass is 16.2. The van der Waals surface area contributed by atoms with E-state index in [2.05, 4.69) is 10.4 Å². The van der Waals surface area contributed by atoms with Crippen molar-refractivity contribution in [3.63, 3.8) is 0 Å². The van der Waals surface area contributed by atoms with Crippen LogP contribution in [0.5, 0.6) is 0 Å². The molecule has 1 aromatic rings. The minimum absolute atomic E-state index is 0.119. The molecule has 1 aromatic heterocycles. The van der Waals surface area contributed by atoms with Crippen LogP contribution in [0, 0.1) is 6.92 Å². The van der Waals surface area contributed by atoms with E-state index in [-0.39, 0.29) is 11.8 Å². The van der Waals surface area contributed by atoms with Crippen molar-refractivity contribution in [3.8, 4) is 0 Å². The van der Waals surface area contributed by atoms with Gasteiger partial charge in [0.25, 0.3) is 5.91 Å². The summed E-state index contributed by atoms with van der Waals surface area (Å²) in [6, 6.07) is 1.77. The molecular formula is C13H20N4O2. The Kier molecular flexibility index (Phi) is 3.34. The van der Waals surface area contributed by atoms with Gasteiger partial charge in [0.1, 0.15) is 11.2 Å². The van der Waals surface area contributed by atoms with Crippen LogP contribution in [0.4, 0.5) is 0 Å². The minimum Gasteiger partial charge on any atom is -0.352 e.